The normalized spacial score (nSPS) is 11.5. The molecule has 1 aromatic heterocycles. The van der Waals surface area contributed by atoms with Crippen LogP contribution in [-0.4, -0.2) is 8.42 Å². The lowest BCUT2D eigenvalue weighted by molar-refractivity contribution is 0.598. The van der Waals surface area contributed by atoms with E-state index < -0.39 is 15.8 Å². The molecule has 0 aliphatic rings. The number of nitrogens with two attached hydrogens (primary N) is 1. The molecular weight excluding hydrogens is 311 g/mol. The average molecular weight is 321 g/mol. The van der Waals surface area contributed by atoms with Crippen LogP contribution in [0.5, 0.6) is 0 Å². The van der Waals surface area contributed by atoms with Crippen molar-refractivity contribution in [2.45, 2.75) is 11.4 Å². The second kappa shape index (κ2) is 5.46. The highest BCUT2D eigenvalue weighted by molar-refractivity contribution is 7.93. The molecule has 3 N–H and O–H groups in total. The third-order valence-electron chi connectivity index (χ3n) is 2.38. The molecule has 0 aliphatic carbocycles. The third kappa shape index (κ3) is 2.89. The lowest BCUT2D eigenvalue weighted by Gasteiger charge is -2.10. The van der Waals surface area contributed by atoms with Crippen molar-refractivity contribution < 1.29 is 12.8 Å². The zero-order chi connectivity index (χ0) is 14.0. The van der Waals surface area contributed by atoms with E-state index in [0.717, 1.165) is 6.07 Å². The highest BCUT2D eigenvalue weighted by Crippen LogP contribution is 2.29. The van der Waals surface area contributed by atoms with Crippen LogP contribution in [0.4, 0.5) is 10.1 Å². The SMILES string of the molecule is NCc1sccc1S(=O)(=O)Nc1c(F)cccc1Cl. The number of halogens is 2. The molecule has 102 valence electrons. The van der Waals surface area contributed by atoms with Crippen LogP contribution in [0.1, 0.15) is 4.88 Å². The van der Waals surface area contributed by atoms with E-state index in [4.69, 9.17) is 17.3 Å². The summed E-state index contributed by atoms with van der Waals surface area (Å²) in [6.07, 6.45) is 0. The Morgan fingerprint density at radius 2 is 2.11 bits per heavy atom. The maximum atomic E-state index is 13.6. The maximum absolute atomic E-state index is 13.6. The first-order valence-corrected chi connectivity index (χ1v) is 7.93. The summed E-state index contributed by atoms with van der Waals surface area (Å²) in [5.74, 6) is -0.736. The lowest BCUT2D eigenvalue weighted by Crippen LogP contribution is -2.15. The molecule has 4 nitrogen and oxygen atoms in total. The van der Waals surface area contributed by atoms with Crippen LogP contribution >= 0.6 is 22.9 Å². The summed E-state index contributed by atoms with van der Waals surface area (Å²) in [4.78, 5) is 0.541. The molecule has 2 aromatic rings. The summed E-state index contributed by atoms with van der Waals surface area (Å²) in [6, 6.07) is 5.34. The fourth-order valence-corrected chi connectivity index (χ4v) is 4.19. The predicted molar refractivity (Wildman–Crippen MR) is 74.4 cm³/mol. The van der Waals surface area contributed by atoms with Gasteiger partial charge in [-0.15, -0.1) is 11.3 Å². The minimum absolute atomic E-state index is 0.00639. The Morgan fingerprint density at radius 3 is 2.74 bits per heavy atom. The summed E-state index contributed by atoms with van der Waals surface area (Å²) in [7, 11) is -3.90. The molecular formula is C11H10ClFN2O2S2. The van der Waals surface area contributed by atoms with Gasteiger partial charge in [-0.05, 0) is 23.6 Å². The largest absolute Gasteiger partial charge is 0.326 e. The van der Waals surface area contributed by atoms with Crippen LogP contribution in [0.2, 0.25) is 5.02 Å². The number of thiophene rings is 1. The van der Waals surface area contributed by atoms with Crippen molar-refractivity contribution in [1.29, 1.82) is 0 Å². The highest BCUT2D eigenvalue weighted by Gasteiger charge is 2.21. The van der Waals surface area contributed by atoms with Gasteiger partial charge in [-0.2, -0.15) is 0 Å². The predicted octanol–water partition coefficient (Wildman–Crippen LogP) is 2.80. The molecule has 2 rings (SSSR count). The zero-order valence-corrected chi connectivity index (χ0v) is 11.9. The summed E-state index contributed by atoms with van der Waals surface area (Å²) in [5, 5.41) is 1.60. The molecule has 0 atom stereocenters. The number of nitrogens with one attached hydrogen (secondary N) is 1. The summed E-state index contributed by atoms with van der Waals surface area (Å²) >= 11 is 7.01. The molecule has 0 fully saturated rings. The second-order valence-corrected chi connectivity index (χ2v) is 6.67. The van der Waals surface area contributed by atoms with E-state index in [0.29, 0.717) is 4.88 Å². The number of hydrogen-bond acceptors (Lipinski definition) is 4. The Kier molecular flexibility index (Phi) is 4.10. The smallest absolute Gasteiger partial charge is 0.263 e. The van der Waals surface area contributed by atoms with E-state index >= 15 is 0 Å². The fourth-order valence-electron chi connectivity index (χ4n) is 1.50. The summed E-state index contributed by atoms with van der Waals surface area (Å²) in [6.45, 7) is 0.0961. The van der Waals surface area contributed by atoms with Crippen molar-refractivity contribution in [1.82, 2.24) is 0 Å². The number of hydrogen-bond donors (Lipinski definition) is 2. The molecule has 0 radical (unpaired) electrons. The molecule has 8 heteroatoms. The molecule has 1 heterocycles. The van der Waals surface area contributed by atoms with Gasteiger partial charge in [0.2, 0.25) is 0 Å². The number of sulfonamides is 1. The monoisotopic (exact) mass is 320 g/mol. The maximum Gasteiger partial charge on any atom is 0.263 e. The van der Waals surface area contributed by atoms with E-state index in [2.05, 4.69) is 4.72 Å². The van der Waals surface area contributed by atoms with E-state index in [1.54, 1.807) is 5.38 Å². The second-order valence-electron chi connectivity index (χ2n) is 3.61. The minimum atomic E-state index is -3.90. The minimum Gasteiger partial charge on any atom is -0.326 e. The summed E-state index contributed by atoms with van der Waals surface area (Å²) in [5.41, 5.74) is 5.20. The van der Waals surface area contributed by atoms with Gasteiger partial charge in [-0.1, -0.05) is 17.7 Å². The molecule has 0 saturated heterocycles. The first-order chi connectivity index (χ1) is 8.95. The van der Waals surface area contributed by atoms with Crippen LogP contribution in [0.25, 0.3) is 0 Å². The van der Waals surface area contributed by atoms with E-state index in [1.165, 1.54) is 29.5 Å². The van der Waals surface area contributed by atoms with Crippen molar-refractivity contribution in [3.05, 3.63) is 45.4 Å². The Labute approximate surface area is 119 Å². The number of para-hydroxylation sites is 1. The average Bonchev–Trinajstić information content (AvgIpc) is 2.83. The van der Waals surface area contributed by atoms with Crippen molar-refractivity contribution >= 4 is 38.6 Å². The Bertz CT molecular complexity index is 680. The standard InChI is InChI=1S/C11H10ClFN2O2S2/c12-7-2-1-3-8(13)11(7)15-19(16,17)10-4-5-18-9(10)6-14/h1-5,15H,6,14H2. The lowest BCUT2D eigenvalue weighted by atomic mass is 10.3. The first-order valence-electron chi connectivity index (χ1n) is 5.19. The van der Waals surface area contributed by atoms with E-state index in [9.17, 15) is 12.8 Å². The molecule has 0 saturated carbocycles. The first kappa shape index (κ1) is 14.3. The Balaban J connectivity index is 2.43. The van der Waals surface area contributed by atoms with Crippen molar-refractivity contribution in [3.8, 4) is 0 Å². The molecule has 0 unspecified atom stereocenters. The Hall–Kier alpha value is -1.15. The van der Waals surface area contributed by atoms with Gasteiger partial charge in [-0.3, -0.25) is 4.72 Å². The fraction of sp³-hybridized carbons (Fsp3) is 0.0909. The van der Waals surface area contributed by atoms with Crippen molar-refractivity contribution in [2.24, 2.45) is 5.73 Å². The van der Waals surface area contributed by atoms with Gasteiger partial charge in [0.05, 0.1) is 5.02 Å². The van der Waals surface area contributed by atoms with Gasteiger partial charge in [0, 0.05) is 11.4 Å². The van der Waals surface area contributed by atoms with Crippen LogP contribution in [0.15, 0.2) is 34.5 Å². The molecule has 0 aliphatic heterocycles. The third-order valence-corrected chi connectivity index (χ3v) is 5.20. The van der Waals surface area contributed by atoms with E-state index in [1.807, 2.05) is 0 Å². The van der Waals surface area contributed by atoms with Crippen LogP contribution in [0, 0.1) is 5.82 Å². The number of rotatable bonds is 4. The van der Waals surface area contributed by atoms with E-state index in [-0.39, 0.29) is 22.2 Å². The molecule has 0 amide bonds. The van der Waals surface area contributed by atoms with Gasteiger partial charge in [0.15, 0.2) is 0 Å². The van der Waals surface area contributed by atoms with Gasteiger partial charge >= 0.3 is 0 Å². The van der Waals surface area contributed by atoms with Gasteiger partial charge < -0.3 is 5.73 Å². The molecule has 0 bridgehead atoms. The number of benzene rings is 1. The van der Waals surface area contributed by atoms with Crippen LogP contribution in [0.3, 0.4) is 0 Å². The summed E-state index contributed by atoms with van der Waals surface area (Å²) < 4.78 is 40.0. The molecule has 19 heavy (non-hydrogen) atoms. The van der Waals surface area contributed by atoms with Crippen LogP contribution < -0.4 is 10.5 Å². The number of anilines is 1. The van der Waals surface area contributed by atoms with Crippen molar-refractivity contribution in [2.75, 3.05) is 4.72 Å². The van der Waals surface area contributed by atoms with Gasteiger partial charge in [-0.25, -0.2) is 12.8 Å². The Morgan fingerprint density at radius 1 is 1.37 bits per heavy atom. The van der Waals surface area contributed by atoms with Gasteiger partial charge in [0.25, 0.3) is 10.0 Å². The van der Waals surface area contributed by atoms with Crippen LogP contribution in [-0.2, 0) is 16.6 Å². The van der Waals surface area contributed by atoms with Gasteiger partial charge in [0.1, 0.15) is 16.4 Å². The topological polar surface area (TPSA) is 72.2 Å². The molecule has 1 aromatic carbocycles. The zero-order valence-electron chi connectivity index (χ0n) is 9.56. The highest BCUT2D eigenvalue weighted by atomic mass is 35.5. The molecule has 0 spiro atoms. The quantitative estimate of drug-likeness (QED) is 0.910. The van der Waals surface area contributed by atoms with Crippen molar-refractivity contribution in [3.63, 3.8) is 0 Å².